The average Bonchev–Trinajstić information content (AvgIpc) is 3.04. The van der Waals surface area contributed by atoms with Crippen LogP contribution in [0.15, 0.2) is 29.2 Å². The molecule has 0 spiro atoms. The summed E-state index contributed by atoms with van der Waals surface area (Å²) in [7, 11) is -3.10. The van der Waals surface area contributed by atoms with Gasteiger partial charge in [0.15, 0.2) is 9.84 Å². The van der Waals surface area contributed by atoms with Crippen molar-refractivity contribution in [1.82, 2.24) is 4.90 Å². The van der Waals surface area contributed by atoms with Gasteiger partial charge in [-0.2, -0.15) is 0 Å². The first-order chi connectivity index (χ1) is 10.1. The molecule has 2 aliphatic rings. The summed E-state index contributed by atoms with van der Waals surface area (Å²) in [6.07, 6.45) is 4.42. The maximum Gasteiger partial charge on any atom is 0.178 e. The Hall–Kier alpha value is -1.07. The number of nitrogens with one attached hydrogen (secondary N) is 1. The van der Waals surface area contributed by atoms with Gasteiger partial charge in [0.25, 0.3) is 0 Å². The van der Waals surface area contributed by atoms with Crippen LogP contribution in [0.4, 0.5) is 5.69 Å². The summed E-state index contributed by atoms with van der Waals surface area (Å²) in [5, 5.41) is 3.59. The van der Waals surface area contributed by atoms with Crippen LogP contribution in [-0.2, 0) is 9.84 Å². The molecule has 0 aliphatic carbocycles. The molecule has 2 unspecified atom stereocenters. The quantitative estimate of drug-likeness (QED) is 0.908. The minimum absolute atomic E-state index is 0.222. The Morgan fingerprint density at radius 3 is 2.67 bits per heavy atom. The molecule has 116 valence electrons. The zero-order valence-corrected chi connectivity index (χ0v) is 13.4. The minimum atomic E-state index is -3.10. The van der Waals surface area contributed by atoms with Crippen LogP contribution in [0, 0.1) is 0 Å². The summed E-state index contributed by atoms with van der Waals surface area (Å²) in [5.41, 5.74) is 1.03. The van der Waals surface area contributed by atoms with Gasteiger partial charge in [0, 0.05) is 24.3 Å². The van der Waals surface area contributed by atoms with Gasteiger partial charge in [-0.3, -0.25) is 4.90 Å². The maximum absolute atomic E-state index is 12.0. The maximum atomic E-state index is 12.0. The van der Waals surface area contributed by atoms with E-state index >= 15 is 0 Å². The number of rotatable bonds is 5. The highest BCUT2D eigenvalue weighted by Gasteiger charge is 2.36. The van der Waals surface area contributed by atoms with Crippen molar-refractivity contribution < 1.29 is 8.42 Å². The second-order valence-corrected chi connectivity index (χ2v) is 8.24. The standard InChI is InChI=1S/C16H24N2O2S/c1-2-12-21(19,20)14-7-5-13(6-8-14)17-15-9-11-18-10-3-4-16(15)18/h5-8,15-17H,2-4,9-12H2,1H3. The largest absolute Gasteiger partial charge is 0.381 e. The summed E-state index contributed by atoms with van der Waals surface area (Å²) < 4.78 is 24.0. The SMILES string of the molecule is CCCS(=O)(=O)c1ccc(NC2CCN3CCCC23)cc1. The summed E-state index contributed by atoms with van der Waals surface area (Å²) in [6.45, 7) is 4.31. The summed E-state index contributed by atoms with van der Waals surface area (Å²) in [4.78, 5) is 3.00. The molecule has 1 N–H and O–H groups in total. The molecule has 2 heterocycles. The fourth-order valence-electron chi connectivity index (χ4n) is 3.61. The van der Waals surface area contributed by atoms with Gasteiger partial charge < -0.3 is 5.32 Å². The molecule has 2 aliphatic heterocycles. The molecular formula is C16H24N2O2S. The third kappa shape index (κ3) is 3.09. The van der Waals surface area contributed by atoms with E-state index in [4.69, 9.17) is 0 Å². The van der Waals surface area contributed by atoms with Crippen LogP contribution in [0.2, 0.25) is 0 Å². The molecule has 4 nitrogen and oxygen atoms in total. The van der Waals surface area contributed by atoms with Gasteiger partial charge in [0.05, 0.1) is 10.6 Å². The van der Waals surface area contributed by atoms with E-state index < -0.39 is 9.84 Å². The molecule has 5 heteroatoms. The molecule has 2 atom stereocenters. The normalized spacial score (nSPS) is 26.0. The van der Waals surface area contributed by atoms with Crippen LogP contribution in [0.5, 0.6) is 0 Å². The van der Waals surface area contributed by atoms with Crippen molar-refractivity contribution in [3.05, 3.63) is 24.3 Å². The number of fused-ring (bicyclic) bond motifs is 1. The second kappa shape index (κ2) is 5.97. The molecule has 3 rings (SSSR count). The van der Waals surface area contributed by atoms with Crippen LogP contribution < -0.4 is 5.32 Å². The highest BCUT2D eigenvalue weighted by atomic mass is 32.2. The molecule has 21 heavy (non-hydrogen) atoms. The van der Waals surface area contributed by atoms with Crippen molar-refractivity contribution >= 4 is 15.5 Å². The van der Waals surface area contributed by atoms with Gasteiger partial charge in [-0.15, -0.1) is 0 Å². The van der Waals surface area contributed by atoms with Crippen LogP contribution in [0.25, 0.3) is 0 Å². The molecule has 0 radical (unpaired) electrons. The van der Waals surface area contributed by atoms with E-state index in [9.17, 15) is 8.42 Å². The first-order valence-electron chi connectivity index (χ1n) is 7.93. The monoisotopic (exact) mass is 308 g/mol. The number of nitrogens with zero attached hydrogens (tertiary/aromatic N) is 1. The first-order valence-corrected chi connectivity index (χ1v) is 9.59. The Morgan fingerprint density at radius 1 is 1.19 bits per heavy atom. The van der Waals surface area contributed by atoms with Gasteiger partial charge in [0.2, 0.25) is 0 Å². The lowest BCUT2D eigenvalue weighted by molar-refractivity contribution is 0.318. The summed E-state index contributed by atoms with van der Waals surface area (Å²) in [6, 6.07) is 8.43. The zero-order chi connectivity index (χ0) is 14.9. The Bertz CT molecular complexity index is 583. The molecule has 1 aromatic rings. The molecule has 0 amide bonds. The van der Waals surface area contributed by atoms with Crippen molar-refractivity contribution in [2.75, 3.05) is 24.2 Å². The van der Waals surface area contributed by atoms with E-state index in [1.807, 2.05) is 19.1 Å². The Kier molecular flexibility index (Phi) is 4.22. The van der Waals surface area contributed by atoms with E-state index in [0.29, 0.717) is 23.4 Å². The number of hydrogen-bond acceptors (Lipinski definition) is 4. The van der Waals surface area contributed by atoms with Gasteiger partial charge in [0.1, 0.15) is 0 Å². The smallest absolute Gasteiger partial charge is 0.178 e. The predicted molar refractivity (Wildman–Crippen MR) is 85.4 cm³/mol. The lowest BCUT2D eigenvalue weighted by Crippen LogP contribution is -2.33. The fourth-order valence-corrected chi connectivity index (χ4v) is 4.93. The van der Waals surface area contributed by atoms with Crippen molar-refractivity contribution in [1.29, 1.82) is 0 Å². The number of hydrogen-bond donors (Lipinski definition) is 1. The second-order valence-electron chi connectivity index (χ2n) is 6.13. The summed E-state index contributed by atoms with van der Waals surface area (Å²) >= 11 is 0. The number of anilines is 1. The molecule has 0 saturated carbocycles. The van der Waals surface area contributed by atoms with Crippen LogP contribution in [0.1, 0.15) is 32.6 Å². The number of sulfone groups is 1. The Morgan fingerprint density at radius 2 is 1.95 bits per heavy atom. The third-order valence-corrected chi connectivity index (χ3v) is 6.58. The van der Waals surface area contributed by atoms with Crippen LogP contribution in [0.3, 0.4) is 0 Å². The topological polar surface area (TPSA) is 49.4 Å². The van der Waals surface area contributed by atoms with E-state index in [2.05, 4.69) is 10.2 Å². The lowest BCUT2D eigenvalue weighted by Gasteiger charge is -2.22. The first kappa shape index (κ1) is 14.9. The van der Waals surface area contributed by atoms with E-state index in [-0.39, 0.29) is 5.75 Å². The molecule has 0 bridgehead atoms. The Balaban J connectivity index is 1.68. The van der Waals surface area contributed by atoms with Gasteiger partial charge >= 0.3 is 0 Å². The minimum Gasteiger partial charge on any atom is -0.381 e. The van der Waals surface area contributed by atoms with Crippen LogP contribution in [-0.4, -0.2) is 44.2 Å². The van der Waals surface area contributed by atoms with Crippen molar-refractivity contribution in [2.45, 2.75) is 49.6 Å². The highest BCUT2D eigenvalue weighted by Crippen LogP contribution is 2.30. The van der Waals surface area contributed by atoms with E-state index in [0.717, 1.165) is 5.69 Å². The molecular weight excluding hydrogens is 284 g/mol. The zero-order valence-electron chi connectivity index (χ0n) is 12.6. The Labute approximate surface area is 127 Å². The summed E-state index contributed by atoms with van der Waals surface area (Å²) in [5.74, 6) is 0.222. The molecule has 1 aromatic carbocycles. The molecule has 0 aromatic heterocycles. The van der Waals surface area contributed by atoms with Crippen molar-refractivity contribution in [2.24, 2.45) is 0 Å². The average molecular weight is 308 g/mol. The molecule has 2 fully saturated rings. The van der Waals surface area contributed by atoms with Gasteiger partial charge in [-0.1, -0.05) is 6.92 Å². The predicted octanol–water partition coefficient (Wildman–Crippen LogP) is 2.52. The van der Waals surface area contributed by atoms with Gasteiger partial charge in [-0.25, -0.2) is 8.42 Å². The van der Waals surface area contributed by atoms with E-state index in [1.165, 1.54) is 32.4 Å². The van der Waals surface area contributed by atoms with E-state index in [1.54, 1.807) is 12.1 Å². The highest BCUT2D eigenvalue weighted by molar-refractivity contribution is 7.91. The van der Waals surface area contributed by atoms with Gasteiger partial charge in [-0.05, 0) is 56.5 Å². The number of benzene rings is 1. The fraction of sp³-hybridized carbons (Fsp3) is 0.625. The molecule has 2 saturated heterocycles. The van der Waals surface area contributed by atoms with Crippen molar-refractivity contribution in [3.8, 4) is 0 Å². The third-order valence-electron chi connectivity index (χ3n) is 4.64. The van der Waals surface area contributed by atoms with Crippen molar-refractivity contribution in [3.63, 3.8) is 0 Å². The lowest BCUT2D eigenvalue weighted by atomic mass is 10.1. The van der Waals surface area contributed by atoms with Crippen LogP contribution >= 0.6 is 0 Å².